The Labute approximate surface area is 65.4 Å². The molecule has 0 spiro atoms. The van der Waals surface area contributed by atoms with Crippen LogP contribution in [0.5, 0.6) is 0 Å². The SMILES string of the molecule is C=CCc1cccc(N)[n+]1[O-]. The Hall–Kier alpha value is -1.51. The van der Waals surface area contributed by atoms with Gasteiger partial charge in [0.1, 0.15) is 5.69 Å². The summed E-state index contributed by atoms with van der Waals surface area (Å²) in [4.78, 5) is 0. The van der Waals surface area contributed by atoms with Crippen LogP contribution in [0.15, 0.2) is 30.9 Å². The maximum atomic E-state index is 11.1. The number of anilines is 1. The Balaban J connectivity index is 3.05. The largest absolute Gasteiger partial charge is 0.710 e. The number of allylic oxidation sites excluding steroid dienone is 1. The van der Waals surface area contributed by atoms with E-state index in [-0.39, 0.29) is 5.82 Å². The number of nitrogens with zero attached hydrogens (tertiary/aromatic N) is 1. The lowest BCUT2D eigenvalue weighted by Gasteiger charge is -2.08. The fourth-order valence-electron chi connectivity index (χ4n) is 0.858. The van der Waals surface area contributed by atoms with Crippen molar-refractivity contribution in [2.24, 2.45) is 0 Å². The summed E-state index contributed by atoms with van der Waals surface area (Å²) in [7, 11) is 0. The molecule has 0 amide bonds. The maximum Gasteiger partial charge on any atom is 0.275 e. The Kier molecular flexibility index (Phi) is 2.11. The lowest BCUT2D eigenvalue weighted by atomic mass is 10.2. The van der Waals surface area contributed by atoms with Gasteiger partial charge in [-0.15, -0.1) is 6.58 Å². The molecule has 0 fully saturated rings. The zero-order valence-corrected chi connectivity index (χ0v) is 6.16. The standard InChI is InChI=1S/C8H10N2O/c1-2-4-7-5-3-6-8(9)10(7)11/h2-3,5-6H,1,4,9H2. The Morgan fingerprint density at radius 3 is 3.00 bits per heavy atom. The van der Waals surface area contributed by atoms with E-state index in [1.165, 1.54) is 0 Å². The van der Waals surface area contributed by atoms with Crippen molar-refractivity contribution >= 4 is 5.82 Å². The third-order valence-corrected chi connectivity index (χ3v) is 1.40. The second-order valence-corrected chi connectivity index (χ2v) is 2.23. The van der Waals surface area contributed by atoms with Crippen molar-refractivity contribution in [3.63, 3.8) is 0 Å². The first-order chi connectivity index (χ1) is 5.25. The molecule has 1 aromatic heterocycles. The molecule has 0 atom stereocenters. The summed E-state index contributed by atoms with van der Waals surface area (Å²) < 4.78 is 0.710. The van der Waals surface area contributed by atoms with Crippen molar-refractivity contribution in [3.05, 3.63) is 41.8 Å². The number of hydrogen-bond acceptors (Lipinski definition) is 2. The fourth-order valence-corrected chi connectivity index (χ4v) is 0.858. The van der Waals surface area contributed by atoms with Gasteiger partial charge in [0, 0.05) is 12.5 Å². The molecule has 1 aromatic rings. The van der Waals surface area contributed by atoms with Gasteiger partial charge < -0.3 is 5.21 Å². The molecular formula is C8H10N2O. The summed E-state index contributed by atoms with van der Waals surface area (Å²) in [5, 5.41) is 11.1. The normalized spacial score (nSPS) is 9.45. The Morgan fingerprint density at radius 1 is 1.64 bits per heavy atom. The minimum absolute atomic E-state index is 0.226. The molecule has 1 heterocycles. The molecule has 0 bridgehead atoms. The van der Waals surface area contributed by atoms with Gasteiger partial charge in [0.25, 0.3) is 5.82 Å². The number of pyridine rings is 1. The summed E-state index contributed by atoms with van der Waals surface area (Å²) in [5.41, 5.74) is 5.99. The average Bonchev–Trinajstić information content (AvgIpc) is 1.99. The highest BCUT2D eigenvalue weighted by Crippen LogP contribution is 1.98. The smallest absolute Gasteiger partial charge is 0.275 e. The monoisotopic (exact) mass is 150 g/mol. The highest BCUT2D eigenvalue weighted by Gasteiger charge is 1.99. The van der Waals surface area contributed by atoms with Gasteiger partial charge in [0.15, 0.2) is 0 Å². The molecule has 0 aliphatic carbocycles. The Morgan fingerprint density at radius 2 is 2.36 bits per heavy atom. The lowest BCUT2D eigenvalue weighted by Crippen LogP contribution is -2.34. The van der Waals surface area contributed by atoms with Crippen molar-refractivity contribution in [1.29, 1.82) is 0 Å². The number of aromatic nitrogens is 1. The minimum Gasteiger partial charge on any atom is -0.710 e. The van der Waals surface area contributed by atoms with E-state index in [2.05, 4.69) is 6.58 Å². The van der Waals surface area contributed by atoms with Crippen LogP contribution in [0.3, 0.4) is 0 Å². The minimum atomic E-state index is 0.226. The molecule has 58 valence electrons. The number of nitrogens with two attached hydrogens (primary N) is 1. The molecule has 0 saturated heterocycles. The van der Waals surface area contributed by atoms with Crippen LogP contribution >= 0.6 is 0 Å². The average molecular weight is 150 g/mol. The zero-order chi connectivity index (χ0) is 8.27. The van der Waals surface area contributed by atoms with Crippen LogP contribution in [0.1, 0.15) is 5.69 Å². The quantitative estimate of drug-likeness (QED) is 0.382. The van der Waals surface area contributed by atoms with E-state index in [1.807, 2.05) is 0 Å². The zero-order valence-electron chi connectivity index (χ0n) is 6.16. The van der Waals surface area contributed by atoms with Crippen molar-refractivity contribution in [2.45, 2.75) is 6.42 Å². The van der Waals surface area contributed by atoms with E-state index in [0.29, 0.717) is 16.8 Å². The first-order valence-electron chi connectivity index (χ1n) is 3.33. The van der Waals surface area contributed by atoms with Crippen LogP contribution in [-0.4, -0.2) is 0 Å². The molecule has 3 heteroatoms. The lowest BCUT2D eigenvalue weighted by molar-refractivity contribution is -0.598. The molecule has 3 nitrogen and oxygen atoms in total. The molecule has 0 saturated carbocycles. The van der Waals surface area contributed by atoms with E-state index < -0.39 is 0 Å². The molecule has 11 heavy (non-hydrogen) atoms. The fraction of sp³-hybridized carbons (Fsp3) is 0.125. The van der Waals surface area contributed by atoms with Crippen LogP contribution in [0.25, 0.3) is 0 Å². The van der Waals surface area contributed by atoms with E-state index >= 15 is 0 Å². The van der Waals surface area contributed by atoms with E-state index in [0.717, 1.165) is 0 Å². The second kappa shape index (κ2) is 3.05. The highest BCUT2D eigenvalue weighted by molar-refractivity contribution is 5.21. The molecule has 1 rings (SSSR count). The summed E-state index contributed by atoms with van der Waals surface area (Å²) in [6.07, 6.45) is 2.22. The molecule has 0 aliphatic heterocycles. The van der Waals surface area contributed by atoms with E-state index in [1.54, 1.807) is 24.3 Å². The predicted molar refractivity (Wildman–Crippen MR) is 43.7 cm³/mol. The van der Waals surface area contributed by atoms with E-state index in [4.69, 9.17) is 5.73 Å². The van der Waals surface area contributed by atoms with Crippen LogP contribution in [0, 0.1) is 5.21 Å². The van der Waals surface area contributed by atoms with Gasteiger partial charge in [-0.25, -0.2) is 4.73 Å². The van der Waals surface area contributed by atoms with E-state index in [9.17, 15) is 5.21 Å². The van der Waals surface area contributed by atoms with Gasteiger partial charge in [0.2, 0.25) is 0 Å². The van der Waals surface area contributed by atoms with Gasteiger partial charge in [0.05, 0.1) is 0 Å². The summed E-state index contributed by atoms with van der Waals surface area (Å²) in [6.45, 7) is 3.53. The van der Waals surface area contributed by atoms with Gasteiger partial charge in [-0.1, -0.05) is 12.1 Å². The summed E-state index contributed by atoms with van der Waals surface area (Å²) >= 11 is 0. The molecular weight excluding hydrogens is 140 g/mol. The first-order valence-corrected chi connectivity index (χ1v) is 3.33. The third kappa shape index (κ3) is 1.49. The van der Waals surface area contributed by atoms with Crippen molar-refractivity contribution in [2.75, 3.05) is 5.73 Å². The first kappa shape index (κ1) is 7.60. The topological polar surface area (TPSA) is 53.0 Å². The van der Waals surface area contributed by atoms with Crippen LogP contribution in [0.4, 0.5) is 5.82 Å². The van der Waals surface area contributed by atoms with Crippen molar-refractivity contribution < 1.29 is 4.73 Å². The van der Waals surface area contributed by atoms with Gasteiger partial charge in [-0.2, -0.15) is 0 Å². The predicted octanol–water partition coefficient (Wildman–Crippen LogP) is 0.631. The Bertz CT molecular complexity index is 271. The van der Waals surface area contributed by atoms with Crippen molar-refractivity contribution in [3.8, 4) is 0 Å². The number of rotatable bonds is 2. The van der Waals surface area contributed by atoms with Crippen molar-refractivity contribution in [1.82, 2.24) is 0 Å². The molecule has 2 N–H and O–H groups in total. The molecule has 0 aromatic carbocycles. The summed E-state index contributed by atoms with van der Waals surface area (Å²) in [5.74, 6) is 0.226. The number of nitrogen functional groups attached to an aromatic ring is 1. The van der Waals surface area contributed by atoms with Crippen LogP contribution in [-0.2, 0) is 6.42 Å². The van der Waals surface area contributed by atoms with Crippen LogP contribution < -0.4 is 10.5 Å². The summed E-state index contributed by atoms with van der Waals surface area (Å²) in [6, 6.07) is 5.05. The highest BCUT2D eigenvalue weighted by atomic mass is 16.5. The molecule has 0 aliphatic rings. The van der Waals surface area contributed by atoms with Gasteiger partial charge in [-0.05, 0) is 6.07 Å². The number of hydrogen-bond donors (Lipinski definition) is 1. The third-order valence-electron chi connectivity index (χ3n) is 1.40. The van der Waals surface area contributed by atoms with Gasteiger partial charge >= 0.3 is 0 Å². The second-order valence-electron chi connectivity index (χ2n) is 2.23. The van der Waals surface area contributed by atoms with Crippen LogP contribution in [0.2, 0.25) is 0 Å². The maximum absolute atomic E-state index is 11.1. The molecule has 0 radical (unpaired) electrons. The van der Waals surface area contributed by atoms with Gasteiger partial charge in [-0.3, -0.25) is 5.73 Å². The molecule has 0 unspecified atom stereocenters.